The van der Waals surface area contributed by atoms with Crippen molar-refractivity contribution in [1.29, 1.82) is 0 Å². The topological polar surface area (TPSA) is 4.36 Å². The van der Waals surface area contributed by atoms with Crippen LogP contribution in [0.2, 0.25) is 0 Å². The van der Waals surface area contributed by atoms with Crippen molar-refractivity contribution < 1.29 is 13.2 Å². The summed E-state index contributed by atoms with van der Waals surface area (Å²) in [4.78, 5) is 3.19. The lowest BCUT2D eigenvalue weighted by molar-refractivity contribution is -0.137. The number of rotatable bonds is 0. The fourth-order valence-corrected chi connectivity index (χ4v) is 1.57. The molecule has 0 saturated heterocycles. The Morgan fingerprint density at radius 1 is 0.950 bits per heavy atom. The van der Waals surface area contributed by atoms with Crippen molar-refractivity contribution in [2.75, 3.05) is 0 Å². The number of alkyl halides is 3. The first-order valence-corrected chi connectivity index (χ1v) is 5.66. The molecular weight excluding hydrogens is 263 g/mol. The quantitative estimate of drug-likeness (QED) is 0.485. The zero-order valence-corrected chi connectivity index (χ0v) is 10.2. The van der Waals surface area contributed by atoms with Crippen LogP contribution in [0.15, 0.2) is 48.5 Å². The molecule has 0 radical (unpaired) electrons. The molecule has 2 rings (SSSR count). The summed E-state index contributed by atoms with van der Waals surface area (Å²) < 4.78 is 37.9. The Kier molecular flexibility index (Phi) is 3.77. The summed E-state index contributed by atoms with van der Waals surface area (Å²) in [6.07, 6.45) is -4.44. The van der Waals surface area contributed by atoms with Crippen molar-refractivity contribution in [2.45, 2.75) is 6.18 Å². The number of hydrogen-bond donors (Lipinski definition) is 0. The standard InChI is InChI=1S/C16H8F3N/c1-20-15-10-9-14(16(17,18)19)11-13(15)8-7-12-5-3-2-4-6-12/h2-6,9-11H. The molecule has 0 N–H and O–H groups in total. The lowest BCUT2D eigenvalue weighted by Gasteiger charge is -2.07. The molecule has 0 aliphatic heterocycles. The van der Waals surface area contributed by atoms with Crippen molar-refractivity contribution >= 4 is 5.69 Å². The molecule has 0 unspecified atom stereocenters. The van der Waals surface area contributed by atoms with E-state index in [4.69, 9.17) is 6.57 Å². The maximum atomic E-state index is 12.6. The van der Waals surface area contributed by atoms with E-state index in [1.54, 1.807) is 24.3 Å². The SMILES string of the molecule is [C-]#[N+]c1ccc(C(F)(F)F)cc1C#Cc1ccccc1. The highest BCUT2D eigenvalue weighted by atomic mass is 19.4. The number of halogens is 3. The van der Waals surface area contributed by atoms with Gasteiger partial charge in [-0.2, -0.15) is 13.2 Å². The van der Waals surface area contributed by atoms with Crippen LogP contribution in [0.5, 0.6) is 0 Å². The summed E-state index contributed by atoms with van der Waals surface area (Å²) in [5.74, 6) is 5.38. The van der Waals surface area contributed by atoms with Gasteiger partial charge in [-0.05, 0) is 18.2 Å². The highest BCUT2D eigenvalue weighted by Gasteiger charge is 2.30. The Morgan fingerprint density at radius 2 is 1.65 bits per heavy atom. The summed E-state index contributed by atoms with van der Waals surface area (Å²) in [7, 11) is 0. The van der Waals surface area contributed by atoms with Gasteiger partial charge in [0.15, 0.2) is 0 Å². The number of nitrogens with zero attached hydrogens (tertiary/aromatic N) is 1. The maximum absolute atomic E-state index is 12.6. The molecular formula is C16H8F3N. The molecule has 0 fully saturated rings. The van der Waals surface area contributed by atoms with Gasteiger partial charge in [0.1, 0.15) is 0 Å². The smallest absolute Gasteiger partial charge is 0.237 e. The predicted octanol–water partition coefficient (Wildman–Crippen LogP) is 4.66. The zero-order valence-electron chi connectivity index (χ0n) is 10.2. The molecule has 1 nitrogen and oxygen atoms in total. The summed E-state index contributed by atoms with van der Waals surface area (Å²) >= 11 is 0. The Labute approximate surface area is 114 Å². The molecule has 0 atom stereocenters. The van der Waals surface area contributed by atoms with Crippen LogP contribution in [0.4, 0.5) is 18.9 Å². The third kappa shape index (κ3) is 3.18. The van der Waals surface area contributed by atoms with Crippen LogP contribution in [0, 0.1) is 18.4 Å². The predicted molar refractivity (Wildman–Crippen MR) is 70.1 cm³/mol. The van der Waals surface area contributed by atoms with E-state index in [9.17, 15) is 13.2 Å². The van der Waals surface area contributed by atoms with Crippen LogP contribution in [0.3, 0.4) is 0 Å². The van der Waals surface area contributed by atoms with Gasteiger partial charge in [-0.15, -0.1) is 0 Å². The van der Waals surface area contributed by atoms with E-state index in [0.29, 0.717) is 5.56 Å². The second-order valence-corrected chi connectivity index (χ2v) is 3.96. The van der Waals surface area contributed by atoms with E-state index in [2.05, 4.69) is 16.7 Å². The minimum Gasteiger partial charge on any atom is -0.237 e. The van der Waals surface area contributed by atoms with E-state index < -0.39 is 11.7 Å². The van der Waals surface area contributed by atoms with Gasteiger partial charge in [-0.1, -0.05) is 42.2 Å². The van der Waals surface area contributed by atoms with Gasteiger partial charge in [0, 0.05) is 11.1 Å². The molecule has 4 heteroatoms. The normalized spacial score (nSPS) is 10.3. The number of hydrogen-bond acceptors (Lipinski definition) is 0. The molecule has 0 aliphatic rings. The van der Waals surface area contributed by atoms with Gasteiger partial charge in [-0.25, -0.2) is 4.85 Å². The third-order valence-corrected chi connectivity index (χ3v) is 2.56. The lowest BCUT2D eigenvalue weighted by Crippen LogP contribution is -2.04. The van der Waals surface area contributed by atoms with Gasteiger partial charge in [0.05, 0.1) is 12.1 Å². The molecule has 0 spiro atoms. The molecule has 2 aromatic carbocycles. The summed E-state index contributed by atoms with van der Waals surface area (Å²) in [5.41, 5.74) is 0.0724. The Bertz CT molecular complexity index is 713. The van der Waals surface area contributed by atoms with Crippen LogP contribution in [0.1, 0.15) is 16.7 Å². The first-order valence-electron chi connectivity index (χ1n) is 5.66. The van der Waals surface area contributed by atoms with Crippen molar-refractivity contribution in [3.8, 4) is 11.8 Å². The first-order chi connectivity index (χ1) is 9.50. The van der Waals surface area contributed by atoms with E-state index in [0.717, 1.165) is 18.2 Å². The summed E-state index contributed by atoms with van der Waals surface area (Å²) in [6.45, 7) is 6.97. The zero-order chi connectivity index (χ0) is 14.6. The van der Waals surface area contributed by atoms with Crippen LogP contribution in [-0.2, 0) is 6.18 Å². The van der Waals surface area contributed by atoms with Crippen LogP contribution in [-0.4, -0.2) is 0 Å². The Morgan fingerprint density at radius 3 is 2.25 bits per heavy atom. The maximum Gasteiger partial charge on any atom is 0.416 e. The van der Waals surface area contributed by atoms with E-state index in [1.165, 1.54) is 0 Å². The van der Waals surface area contributed by atoms with Crippen molar-refractivity contribution in [2.24, 2.45) is 0 Å². The van der Waals surface area contributed by atoms with Crippen molar-refractivity contribution in [3.05, 3.63) is 76.6 Å². The summed E-state index contributed by atoms with van der Waals surface area (Å²) in [6, 6.07) is 11.8. The number of benzene rings is 2. The Hall–Kier alpha value is -2.72. The molecule has 0 heterocycles. The van der Waals surface area contributed by atoms with Gasteiger partial charge < -0.3 is 0 Å². The second-order valence-electron chi connectivity index (χ2n) is 3.96. The molecule has 0 aromatic heterocycles. The van der Waals surface area contributed by atoms with Crippen LogP contribution in [0.25, 0.3) is 4.85 Å². The fraction of sp³-hybridized carbons (Fsp3) is 0.0625. The molecule has 20 heavy (non-hydrogen) atoms. The van der Waals surface area contributed by atoms with E-state index >= 15 is 0 Å². The van der Waals surface area contributed by atoms with Crippen LogP contribution >= 0.6 is 0 Å². The molecule has 0 saturated carbocycles. The van der Waals surface area contributed by atoms with Crippen molar-refractivity contribution in [1.82, 2.24) is 0 Å². The van der Waals surface area contributed by atoms with Gasteiger partial charge in [0.2, 0.25) is 5.69 Å². The molecule has 2 aromatic rings. The van der Waals surface area contributed by atoms with Gasteiger partial charge in [-0.3, -0.25) is 0 Å². The van der Waals surface area contributed by atoms with Crippen molar-refractivity contribution in [3.63, 3.8) is 0 Å². The van der Waals surface area contributed by atoms with Gasteiger partial charge >= 0.3 is 6.18 Å². The van der Waals surface area contributed by atoms with Crippen LogP contribution < -0.4 is 0 Å². The first kappa shape index (κ1) is 13.7. The monoisotopic (exact) mass is 271 g/mol. The van der Waals surface area contributed by atoms with E-state index in [1.807, 2.05) is 6.07 Å². The minimum absolute atomic E-state index is 0.0821. The second kappa shape index (κ2) is 5.50. The third-order valence-electron chi connectivity index (χ3n) is 2.56. The Balaban J connectivity index is 2.46. The van der Waals surface area contributed by atoms with Gasteiger partial charge in [0.25, 0.3) is 0 Å². The highest BCUT2D eigenvalue weighted by Crippen LogP contribution is 2.32. The fourth-order valence-electron chi connectivity index (χ4n) is 1.57. The lowest BCUT2D eigenvalue weighted by atomic mass is 10.1. The molecule has 0 bridgehead atoms. The average molecular weight is 271 g/mol. The largest absolute Gasteiger partial charge is 0.416 e. The summed E-state index contributed by atoms with van der Waals surface area (Å²) in [5, 5.41) is 0. The highest BCUT2D eigenvalue weighted by molar-refractivity contribution is 5.62. The molecule has 98 valence electrons. The minimum atomic E-state index is -4.44. The van der Waals surface area contributed by atoms with E-state index in [-0.39, 0.29) is 11.3 Å². The molecule has 0 amide bonds. The average Bonchev–Trinajstić information content (AvgIpc) is 2.45. The molecule has 0 aliphatic carbocycles.